The van der Waals surface area contributed by atoms with Gasteiger partial charge in [0.1, 0.15) is 23.6 Å². The van der Waals surface area contributed by atoms with Gasteiger partial charge in [-0.25, -0.2) is 0 Å². The first-order valence-electron chi connectivity index (χ1n) is 14.8. The molecule has 1 aliphatic rings. The maximum atomic E-state index is 13.6. The van der Waals surface area contributed by atoms with Crippen LogP contribution < -0.4 is 31.9 Å². The molecule has 2 aromatic rings. The highest BCUT2D eigenvalue weighted by atomic mass is 16.3. The predicted octanol–water partition coefficient (Wildman–Crippen LogP) is 0.927. The van der Waals surface area contributed by atoms with Crippen LogP contribution in [0.5, 0.6) is 11.5 Å². The molecule has 8 N–H and O–H groups in total. The summed E-state index contributed by atoms with van der Waals surface area (Å²) in [6.45, 7) is 2.01. The van der Waals surface area contributed by atoms with Crippen molar-refractivity contribution in [3.8, 4) is 22.6 Å². The first-order valence-corrected chi connectivity index (χ1v) is 14.8. The zero-order chi connectivity index (χ0) is 30.5. The quantitative estimate of drug-likeness (QED) is 0.171. The molecule has 0 saturated carbocycles. The second-order valence-electron chi connectivity index (χ2n) is 10.8. The van der Waals surface area contributed by atoms with Gasteiger partial charge in [-0.3, -0.25) is 14.4 Å². The Kier molecular flexibility index (Phi) is 13.1. The standard InChI is InChI=1S/C31H46N6O5/c1-32-13-5-4-6-15-35-29(40)26-19-23-17-21(10-12-28(23)39)20-9-11-27(38)22(16-20)18-25(34-3)31(42)36-24(30(41)37-26)8-7-14-33-2/h9-12,16-17,24-26,32-34,38-39H,4-8,13-15,18-19H2,1-3H3,(H,35,40)(H,36,42)(H,37,41)/t24-,25-,26-/m0/s1. The number of amides is 3. The van der Waals surface area contributed by atoms with E-state index >= 15 is 0 Å². The van der Waals surface area contributed by atoms with Crippen LogP contribution in [-0.4, -0.2) is 86.8 Å². The first kappa shape index (κ1) is 32.8. The van der Waals surface area contributed by atoms with Crippen LogP contribution in [0, 0.1) is 0 Å². The monoisotopic (exact) mass is 582 g/mol. The topological polar surface area (TPSA) is 164 Å². The molecule has 0 fully saturated rings. The second kappa shape index (κ2) is 16.7. The number of rotatable bonds is 12. The van der Waals surface area contributed by atoms with Crippen molar-refractivity contribution in [2.24, 2.45) is 0 Å². The van der Waals surface area contributed by atoms with Gasteiger partial charge in [0.2, 0.25) is 17.7 Å². The summed E-state index contributed by atoms with van der Waals surface area (Å²) < 4.78 is 0. The molecule has 0 saturated heterocycles. The smallest absolute Gasteiger partial charge is 0.243 e. The van der Waals surface area contributed by atoms with Crippen LogP contribution in [0.4, 0.5) is 0 Å². The summed E-state index contributed by atoms with van der Waals surface area (Å²) in [5.41, 5.74) is 2.61. The van der Waals surface area contributed by atoms with Crippen LogP contribution in [-0.2, 0) is 27.2 Å². The van der Waals surface area contributed by atoms with Crippen molar-refractivity contribution in [2.75, 3.05) is 40.8 Å². The number of benzene rings is 2. The third-order valence-corrected chi connectivity index (χ3v) is 7.59. The van der Waals surface area contributed by atoms with Crippen molar-refractivity contribution >= 4 is 17.7 Å². The molecule has 1 aliphatic heterocycles. The number of hydrogen-bond acceptors (Lipinski definition) is 8. The van der Waals surface area contributed by atoms with E-state index in [0.717, 1.165) is 36.9 Å². The van der Waals surface area contributed by atoms with Crippen LogP contribution in [0.3, 0.4) is 0 Å². The number of phenolic OH excluding ortho intramolecular Hbond substituents is 2. The average molecular weight is 583 g/mol. The van der Waals surface area contributed by atoms with E-state index in [1.807, 2.05) is 20.2 Å². The maximum absolute atomic E-state index is 13.6. The van der Waals surface area contributed by atoms with Gasteiger partial charge in [0, 0.05) is 19.4 Å². The zero-order valence-corrected chi connectivity index (χ0v) is 24.9. The van der Waals surface area contributed by atoms with E-state index in [9.17, 15) is 24.6 Å². The zero-order valence-electron chi connectivity index (χ0n) is 24.9. The summed E-state index contributed by atoms with van der Waals surface area (Å²) in [7, 11) is 5.37. The summed E-state index contributed by atoms with van der Waals surface area (Å²) >= 11 is 0. The molecule has 0 aromatic heterocycles. The fourth-order valence-electron chi connectivity index (χ4n) is 5.07. The first-order chi connectivity index (χ1) is 20.3. The van der Waals surface area contributed by atoms with Gasteiger partial charge in [-0.15, -0.1) is 0 Å². The van der Waals surface area contributed by atoms with Gasteiger partial charge in [-0.1, -0.05) is 18.6 Å². The Morgan fingerprint density at radius 2 is 1.38 bits per heavy atom. The van der Waals surface area contributed by atoms with E-state index < -0.39 is 24.0 Å². The largest absolute Gasteiger partial charge is 0.508 e. The Balaban J connectivity index is 1.98. The minimum absolute atomic E-state index is 0.00954. The summed E-state index contributed by atoms with van der Waals surface area (Å²) in [5, 5.41) is 39.1. The average Bonchev–Trinajstić information content (AvgIpc) is 2.98. The van der Waals surface area contributed by atoms with Crippen molar-refractivity contribution in [1.29, 1.82) is 0 Å². The molecule has 4 bridgehead atoms. The minimum atomic E-state index is -0.972. The molecule has 0 radical (unpaired) electrons. The molecular formula is C31H46N6O5. The van der Waals surface area contributed by atoms with Crippen LogP contribution in [0.2, 0.25) is 0 Å². The van der Waals surface area contributed by atoms with Crippen molar-refractivity contribution in [1.82, 2.24) is 31.9 Å². The summed E-state index contributed by atoms with van der Waals surface area (Å²) in [5.74, 6) is -1.15. The molecule has 230 valence electrons. The fourth-order valence-corrected chi connectivity index (χ4v) is 5.07. The molecule has 3 atom stereocenters. The van der Waals surface area contributed by atoms with Crippen molar-refractivity contribution in [3.63, 3.8) is 0 Å². The molecule has 1 heterocycles. The Labute approximate surface area is 248 Å². The highest BCUT2D eigenvalue weighted by molar-refractivity contribution is 5.93. The van der Waals surface area contributed by atoms with Gasteiger partial charge in [-0.05, 0) is 106 Å². The van der Waals surface area contributed by atoms with Crippen LogP contribution >= 0.6 is 0 Å². The van der Waals surface area contributed by atoms with E-state index in [1.54, 1.807) is 37.4 Å². The highest BCUT2D eigenvalue weighted by Crippen LogP contribution is 2.31. The normalized spacial score (nSPS) is 19.3. The van der Waals surface area contributed by atoms with E-state index in [1.165, 1.54) is 0 Å². The lowest BCUT2D eigenvalue weighted by Crippen LogP contribution is -2.57. The third-order valence-electron chi connectivity index (χ3n) is 7.59. The van der Waals surface area contributed by atoms with Crippen LogP contribution in [0.15, 0.2) is 36.4 Å². The van der Waals surface area contributed by atoms with Gasteiger partial charge < -0.3 is 42.1 Å². The van der Waals surface area contributed by atoms with E-state index in [-0.39, 0.29) is 36.2 Å². The number of fused-ring (bicyclic) bond motifs is 5. The molecule has 3 amide bonds. The molecule has 11 nitrogen and oxygen atoms in total. The number of likely N-dealkylation sites (N-methyl/N-ethyl adjacent to an activating group) is 1. The number of carbonyl (C=O) groups is 3. The number of hydrogen-bond donors (Lipinski definition) is 8. The van der Waals surface area contributed by atoms with Gasteiger partial charge >= 0.3 is 0 Å². The Hall–Kier alpha value is -3.67. The SMILES string of the molecule is CNCCCCCNC(=O)[C@@H]1Cc2cc(ccc2O)-c2ccc(O)c(c2)C[C@H](NC)C(=O)N[C@@H](CCCNC)C(=O)N1. The van der Waals surface area contributed by atoms with Crippen molar-refractivity contribution in [2.45, 2.75) is 63.1 Å². The predicted molar refractivity (Wildman–Crippen MR) is 163 cm³/mol. The summed E-state index contributed by atoms with van der Waals surface area (Å²) in [6.07, 6.45) is 3.96. The van der Waals surface area contributed by atoms with E-state index in [0.29, 0.717) is 37.1 Å². The molecule has 42 heavy (non-hydrogen) atoms. The number of aromatic hydroxyl groups is 2. The lowest BCUT2D eigenvalue weighted by atomic mass is 9.95. The molecule has 3 rings (SSSR count). The molecule has 2 aromatic carbocycles. The highest BCUT2D eigenvalue weighted by Gasteiger charge is 2.30. The molecule has 0 unspecified atom stereocenters. The van der Waals surface area contributed by atoms with Gasteiger partial charge in [0.25, 0.3) is 0 Å². The van der Waals surface area contributed by atoms with E-state index in [4.69, 9.17) is 0 Å². The molecule has 0 aliphatic carbocycles. The third kappa shape index (κ3) is 9.43. The number of phenols is 2. The Morgan fingerprint density at radius 1 is 0.786 bits per heavy atom. The van der Waals surface area contributed by atoms with Crippen LogP contribution in [0.25, 0.3) is 11.1 Å². The van der Waals surface area contributed by atoms with E-state index in [2.05, 4.69) is 31.9 Å². The molecule has 0 spiro atoms. The molecule has 11 heteroatoms. The maximum Gasteiger partial charge on any atom is 0.243 e. The van der Waals surface area contributed by atoms with Crippen molar-refractivity contribution < 1.29 is 24.6 Å². The van der Waals surface area contributed by atoms with Crippen molar-refractivity contribution in [3.05, 3.63) is 47.5 Å². The fraction of sp³-hybridized carbons (Fsp3) is 0.516. The minimum Gasteiger partial charge on any atom is -0.508 e. The Morgan fingerprint density at radius 3 is 2.00 bits per heavy atom. The second-order valence-corrected chi connectivity index (χ2v) is 10.8. The number of carbonyl (C=O) groups excluding carboxylic acids is 3. The lowest BCUT2D eigenvalue weighted by Gasteiger charge is -2.25. The summed E-state index contributed by atoms with van der Waals surface area (Å²) in [6, 6.07) is 7.70. The molecular weight excluding hydrogens is 536 g/mol. The van der Waals surface area contributed by atoms with Gasteiger partial charge in [0.15, 0.2) is 0 Å². The number of unbranched alkanes of at least 4 members (excludes halogenated alkanes) is 2. The van der Waals surface area contributed by atoms with Crippen LogP contribution in [0.1, 0.15) is 43.2 Å². The van der Waals surface area contributed by atoms with Gasteiger partial charge in [0.05, 0.1) is 6.04 Å². The van der Waals surface area contributed by atoms with Gasteiger partial charge in [-0.2, -0.15) is 0 Å². The Bertz CT molecular complexity index is 1210. The summed E-state index contributed by atoms with van der Waals surface area (Å²) in [4.78, 5) is 40.4. The number of nitrogens with one attached hydrogen (secondary N) is 6. The lowest BCUT2D eigenvalue weighted by molar-refractivity contribution is -0.132.